The Labute approximate surface area is 123 Å². The van der Waals surface area contributed by atoms with Crippen molar-refractivity contribution in [2.75, 3.05) is 25.0 Å². The van der Waals surface area contributed by atoms with E-state index in [1.54, 1.807) is 0 Å². The molecule has 0 radical (unpaired) electrons. The number of hydrogen-bond acceptors (Lipinski definition) is 6. The summed E-state index contributed by atoms with van der Waals surface area (Å²) in [5, 5.41) is 7.43. The van der Waals surface area contributed by atoms with Crippen molar-refractivity contribution in [2.45, 2.75) is 32.2 Å². The second-order valence-corrected chi connectivity index (χ2v) is 5.89. The van der Waals surface area contributed by atoms with Crippen molar-refractivity contribution in [1.82, 2.24) is 15.1 Å². The Bertz CT molecular complexity index is 498. The van der Waals surface area contributed by atoms with Crippen LogP contribution in [-0.4, -0.2) is 52.8 Å². The van der Waals surface area contributed by atoms with Crippen LogP contribution in [0.2, 0.25) is 0 Å². The van der Waals surface area contributed by atoms with Gasteiger partial charge >= 0.3 is 6.18 Å². The SMILES string of the molecule is C[C@@H]1CN(CC(=O)Nc2nnc(C(F)(F)F)s2)C[C@@H](C)O1. The lowest BCUT2D eigenvalue weighted by Crippen LogP contribution is -2.48. The number of carbonyl (C=O) groups is 1. The van der Waals surface area contributed by atoms with Gasteiger partial charge in [-0.3, -0.25) is 15.0 Å². The first-order chi connectivity index (χ1) is 9.74. The molecule has 1 aliphatic heterocycles. The Balaban J connectivity index is 1.88. The minimum absolute atomic E-state index is 0.0138. The van der Waals surface area contributed by atoms with Crippen LogP contribution in [0.25, 0.3) is 0 Å². The van der Waals surface area contributed by atoms with Crippen LogP contribution < -0.4 is 5.32 Å². The highest BCUT2D eigenvalue weighted by atomic mass is 32.1. The summed E-state index contributed by atoms with van der Waals surface area (Å²) in [4.78, 5) is 13.7. The number of carbonyl (C=O) groups excluding carboxylic acids is 1. The molecule has 0 aliphatic carbocycles. The first-order valence-corrected chi connectivity index (χ1v) is 7.14. The van der Waals surface area contributed by atoms with Crippen molar-refractivity contribution in [3.8, 4) is 0 Å². The number of ether oxygens (including phenoxy) is 1. The summed E-state index contributed by atoms with van der Waals surface area (Å²) in [5.74, 6) is -0.416. The molecule has 1 aromatic heterocycles. The van der Waals surface area contributed by atoms with Crippen molar-refractivity contribution in [3.63, 3.8) is 0 Å². The summed E-state index contributed by atoms with van der Waals surface area (Å²) in [6.45, 7) is 5.09. The third-order valence-electron chi connectivity index (χ3n) is 2.78. The topological polar surface area (TPSA) is 67.4 Å². The highest BCUT2D eigenvalue weighted by molar-refractivity contribution is 7.15. The molecular weight excluding hydrogens is 309 g/mol. The van der Waals surface area contributed by atoms with E-state index >= 15 is 0 Å². The van der Waals surface area contributed by atoms with E-state index in [9.17, 15) is 18.0 Å². The first kappa shape index (κ1) is 16.1. The Morgan fingerprint density at radius 3 is 2.52 bits per heavy atom. The average molecular weight is 324 g/mol. The number of hydrogen-bond donors (Lipinski definition) is 1. The molecule has 21 heavy (non-hydrogen) atoms. The number of alkyl halides is 3. The maximum atomic E-state index is 12.4. The molecule has 0 bridgehead atoms. The van der Waals surface area contributed by atoms with Gasteiger partial charge in [-0.05, 0) is 13.8 Å². The third kappa shape index (κ3) is 4.61. The molecule has 118 valence electrons. The lowest BCUT2D eigenvalue weighted by Gasteiger charge is -2.34. The summed E-state index contributed by atoms with van der Waals surface area (Å²) >= 11 is 0.309. The van der Waals surface area contributed by atoms with Crippen LogP contribution >= 0.6 is 11.3 Å². The molecule has 1 aromatic rings. The van der Waals surface area contributed by atoms with Crippen LogP contribution in [0.1, 0.15) is 18.9 Å². The smallest absolute Gasteiger partial charge is 0.373 e. The van der Waals surface area contributed by atoms with Gasteiger partial charge in [0.25, 0.3) is 0 Å². The van der Waals surface area contributed by atoms with E-state index in [2.05, 4.69) is 15.5 Å². The third-order valence-corrected chi connectivity index (χ3v) is 3.66. The average Bonchev–Trinajstić information content (AvgIpc) is 2.75. The number of nitrogens with one attached hydrogen (secondary N) is 1. The minimum Gasteiger partial charge on any atom is -0.373 e. The van der Waals surface area contributed by atoms with Gasteiger partial charge < -0.3 is 4.74 Å². The Morgan fingerprint density at radius 2 is 2.00 bits per heavy atom. The van der Waals surface area contributed by atoms with Crippen LogP contribution in [-0.2, 0) is 15.7 Å². The van der Waals surface area contributed by atoms with E-state index in [4.69, 9.17) is 4.74 Å². The largest absolute Gasteiger partial charge is 0.445 e. The second kappa shape index (κ2) is 6.24. The number of aromatic nitrogens is 2. The predicted molar refractivity (Wildman–Crippen MR) is 70.0 cm³/mol. The Morgan fingerprint density at radius 1 is 1.38 bits per heavy atom. The zero-order valence-electron chi connectivity index (χ0n) is 11.5. The molecule has 0 unspecified atom stereocenters. The number of halogens is 3. The van der Waals surface area contributed by atoms with E-state index in [0.29, 0.717) is 24.4 Å². The molecule has 0 aromatic carbocycles. The Kier molecular flexibility index (Phi) is 4.79. The molecule has 1 amide bonds. The first-order valence-electron chi connectivity index (χ1n) is 6.32. The fraction of sp³-hybridized carbons (Fsp3) is 0.727. The summed E-state index contributed by atoms with van der Waals surface area (Å²) in [7, 11) is 0. The van der Waals surface area contributed by atoms with Gasteiger partial charge in [0.05, 0.1) is 18.8 Å². The monoisotopic (exact) mass is 324 g/mol. The van der Waals surface area contributed by atoms with Crippen LogP contribution in [0, 0.1) is 0 Å². The molecule has 0 spiro atoms. The molecule has 2 atom stereocenters. The summed E-state index contributed by atoms with van der Waals surface area (Å²) in [6, 6.07) is 0. The molecule has 1 saturated heterocycles. The molecule has 6 nitrogen and oxygen atoms in total. The van der Waals surface area contributed by atoms with Gasteiger partial charge in [-0.2, -0.15) is 13.2 Å². The van der Waals surface area contributed by atoms with E-state index in [0.717, 1.165) is 0 Å². The normalized spacial score (nSPS) is 24.0. The molecule has 1 fully saturated rings. The van der Waals surface area contributed by atoms with Crippen molar-refractivity contribution in [2.24, 2.45) is 0 Å². The fourth-order valence-electron chi connectivity index (χ4n) is 2.16. The van der Waals surface area contributed by atoms with Gasteiger partial charge in [0.1, 0.15) is 0 Å². The van der Waals surface area contributed by atoms with Crippen molar-refractivity contribution < 1.29 is 22.7 Å². The van der Waals surface area contributed by atoms with Gasteiger partial charge in [0.15, 0.2) is 0 Å². The Hall–Kier alpha value is -1.26. The lowest BCUT2D eigenvalue weighted by atomic mass is 10.2. The maximum Gasteiger partial charge on any atom is 0.445 e. The second-order valence-electron chi connectivity index (χ2n) is 4.91. The number of anilines is 1. The number of nitrogens with zero attached hydrogens (tertiary/aromatic N) is 3. The molecular formula is C11H15F3N4O2S. The summed E-state index contributed by atoms with van der Waals surface area (Å²) in [5.41, 5.74) is 0. The zero-order valence-corrected chi connectivity index (χ0v) is 12.3. The van der Waals surface area contributed by atoms with Gasteiger partial charge in [-0.1, -0.05) is 11.3 Å². The van der Waals surface area contributed by atoms with Crippen molar-refractivity contribution in [1.29, 1.82) is 0 Å². The van der Waals surface area contributed by atoms with Crippen LogP contribution in [0.5, 0.6) is 0 Å². The fourth-order valence-corrected chi connectivity index (χ4v) is 2.79. The molecule has 2 rings (SSSR count). The van der Waals surface area contributed by atoms with E-state index in [-0.39, 0.29) is 23.9 Å². The predicted octanol–water partition coefficient (Wildman–Crippen LogP) is 1.60. The summed E-state index contributed by atoms with van der Waals surface area (Å²) in [6.07, 6.45) is -4.52. The van der Waals surface area contributed by atoms with E-state index < -0.39 is 17.1 Å². The standard InChI is InChI=1S/C11H15F3N4O2S/c1-6-3-18(4-7(2)20-6)5-8(19)15-10-17-16-9(21-10)11(12,13)14/h6-7H,3-5H2,1-2H3,(H,15,17,19)/t6-,7-/m1/s1. The molecule has 1 N–H and O–H groups in total. The van der Waals surface area contributed by atoms with E-state index in [1.165, 1.54) is 0 Å². The maximum absolute atomic E-state index is 12.4. The molecule has 1 aliphatic rings. The highest BCUT2D eigenvalue weighted by Gasteiger charge is 2.36. The zero-order chi connectivity index (χ0) is 15.6. The van der Waals surface area contributed by atoms with Gasteiger partial charge in [0, 0.05) is 13.1 Å². The summed E-state index contributed by atoms with van der Waals surface area (Å²) < 4.78 is 42.6. The lowest BCUT2D eigenvalue weighted by molar-refractivity contribution is -0.138. The highest BCUT2D eigenvalue weighted by Crippen LogP contribution is 2.32. The van der Waals surface area contributed by atoms with Gasteiger partial charge in [-0.15, -0.1) is 10.2 Å². The van der Waals surface area contributed by atoms with Crippen LogP contribution in [0.15, 0.2) is 0 Å². The van der Waals surface area contributed by atoms with E-state index in [1.807, 2.05) is 18.7 Å². The molecule has 2 heterocycles. The minimum atomic E-state index is -4.55. The van der Waals surface area contributed by atoms with Gasteiger partial charge in [0.2, 0.25) is 16.0 Å². The van der Waals surface area contributed by atoms with Crippen molar-refractivity contribution in [3.05, 3.63) is 5.01 Å². The van der Waals surface area contributed by atoms with Crippen LogP contribution in [0.3, 0.4) is 0 Å². The quantitative estimate of drug-likeness (QED) is 0.915. The molecule has 10 heteroatoms. The van der Waals surface area contributed by atoms with Gasteiger partial charge in [-0.25, -0.2) is 0 Å². The number of morpholine rings is 1. The van der Waals surface area contributed by atoms with Crippen molar-refractivity contribution >= 4 is 22.4 Å². The van der Waals surface area contributed by atoms with Crippen LogP contribution in [0.4, 0.5) is 18.3 Å². The molecule has 0 saturated carbocycles. The number of amides is 1. The number of rotatable bonds is 3.